The molecule has 1 fully saturated rings. The Morgan fingerprint density at radius 3 is 2.50 bits per heavy atom. The van der Waals surface area contributed by atoms with E-state index in [9.17, 15) is 14.0 Å². The fraction of sp³-hybridized carbons (Fsp3) is 0.600. The molecule has 152 valence electrons. The van der Waals surface area contributed by atoms with Crippen LogP contribution in [0.1, 0.15) is 53.9 Å². The van der Waals surface area contributed by atoms with Gasteiger partial charge in [0.2, 0.25) is 11.8 Å². The summed E-state index contributed by atoms with van der Waals surface area (Å²) in [6.45, 7) is 9.56. The normalized spacial score (nSPS) is 26.6. The summed E-state index contributed by atoms with van der Waals surface area (Å²) >= 11 is 0. The van der Waals surface area contributed by atoms with Crippen LogP contribution in [0.4, 0.5) is 4.39 Å². The van der Waals surface area contributed by atoms with Crippen LogP contribution in [-0.4, -0.2) is 41.6 Å². The van der Waals surface area contributed by atoms with Gasteiger partial charge in [0.25, 0.3) is 0 Å². The molecule has 2 amide bonds. The Hall–Kier alpha value is -1.93. The minimum absolute atomic E-state index is 0.0521. The standard InChI is InChI=1S/C20H28BFN2O4/c1-13(25)23-16-7-8-17(22)14(10-16)11-24-12-15(6-9-18(24)26)21-27-19(2,3)20(4,5)28-21/h7-8,12,14H,6,9-11H2,1-5H3,(H,23,25). The van der Waals surface area contributed by atoms with E-state index in [2.05, 4.69) is 5.32 Å². The summed E-state index contributed by atoms with van der Waals surface area (Å²) in [5.74, 6) is -1.04. The van der Waals surface area contributed by atoms with Crippen LogP contribution < -0.4 is 5.32 Å². The first-order valence-electron chi connectivity index (χ1n) is 9.68. The molecule has 2 heterocycles. The topological polar surface area (TPSA) is 67.9 Å². The van der Waals surface area contributed by atoms with Crippen molar-refractivity contribution >= 4 is 18.9 Å². The molecule has 0 radical (unpaired) electrons. The van der Waals surface area contributed by atoms with Gasteiger partial charge < -0.3 is 19.5 Å². The number of halogens is 1. The fourth-order valence-corrected chi connectivity index (χ4v) is 3.51. The maximum atomic E-state index is 14.3. The van der Waals surface area contributed by atoms with Crippen LogP contribution in [0.25, 0.3) is 0 Å². The van der Waals surface area contributed by atoms with Gasteiger partial charge in [0, 0.05) is 37.7 Å². The van der Waals surface area contributed by atoms with Gasteiger partial charge in [0.1, 0.15) is 5.83 Å². The Labute approximate surface area is 166 Å². The molecule has 0 spiro atoms. The number of nitrogens with one attached hydrogen (secondary N) is 1. The van der Waals surface area contributed by atoms with Gasteiger partial charge in [-0.2, -0.15) is 0 Å². The average molecular weight is 390 g/mol. The molecule has 8 heteroatoms. The van der Waals surface area contributed by atoms with Crippen LogP contribution in [-0.2, 0) is 18.9 Å². The van der Waals surface area contributed by atoms with Crippen LogP contribution in [0, 0.1) is 5.92 Å². The average Bonchev–Trinajstić information content (AvgIpc) is 2.80. The van der Waals surface area contributed by atoms with Crippen molar-refractivity contribution in [2.24, 2.45) is 5.92 Å². The van der Waals surface area contributed by atoms with Gasteiger partial charge >= 0.3 is 7.12 Å². The van der Waals surface area contributed by atoms with Gasteiger partial charge in [-0.15, -0.1) is 0 Å². The lowest BCUT2D eigenvalue weighted by molar-refractivity contribution is -0.129. The maximum Gasteiger partial charge on any atom is 0.492 e. The second-order valence-corrected chi connectivity index (χ2v) is 8.66. The molecule has 0 bridgehead atoms. The molecular weight excluding hydrogens is 362 g/mol. The SMILES string of the molecule is CC(=O)NC1=CC=C(F)C(CN2C=C(B3OC(C)(C)C(C)(C)O3)CCC2=O)C1. The van der Waals surface area contributed by atoms with Crippen LogP contribution in [0.15, 0.2) is 35.3 Å². The van der Waals surface area contributed by atoms with Crippen molar-refractivity contribution in [3.8, 4) is 0 Å². The molecule has 0 aromatic heterocycles. The molecule has 1 atom stereocenters. The Kier molecular flexibility index (Phi) is 5.56. The highest BCUT2D eigenvalue weighted by atomic mass is 19.1. The molecule has 3 rings (SSSR count). The van der Waals surface area contributed by atoms with Crippen molar-refractivity contribution in [2.75, 3.05) is 6.54 Å². The van der Waals surface area contributed by atoms with Crippen LogP contribution in [0.2, 0.25) is 0 Å². The van der Waals surface area contributed by atoms with E-state index in [0.717, 1.165) is 5.47 Å². The number of amides is 2. The molecule has 3 aliphatic rings. The minimum Gasteiger partial charge on any atom is -0.400 e. The van der Waals surface area contributed by atoms with E-state index in [1.165, 1.54) is 13.0 Å². The summed E-state index contributed by atoms with van der Waals surface area (Å²) in [4.78, 5) is 25.2. The largest absolute Gasteiger partial charge is 0.492 e. The minimum atomic E-state index is -0.512. The van der Waals surface area contributed by atoms with Crippen molar-refractivity contribution in [1.82, 2.24) is 10.2 Å². The molecule has 0 aromatic carbocycles. The number of hydrogen-bond donors (Lipinski definition) is 1. The van der Waals surface area contributed by atoms with Crippen LogP contribution in [0.3, 0.4) is 0 Å². The second-order valence-electron chi connectivity index (χ2n) is 8.66. The molecule has 6 nitrogen and oxygen atoms in total. The summed E-state index contributed by atoms with van der Waals surface area (Å²) < 4.78 is 26.5. The number of carbonyl (C=O) groups is 2. The van der Waals surface area contributed by atoms with Crippen LogP contribution >= 0.6 is 0 Å². The molecule has 0 aromatic rings. The zero-order valence-corrected chi connectivity index (χ0v) is 17.2. The highest BCUT2D eigenvalue weighted by Gasteiger charge is 2.52. The molecule has 2 aliphatic heterocycles. The lowest BCUT2D eigenvalue weighted by Crippen LogP contribution is -2.41. The lowest BCUT2D eigenvalue weighted by Gasteiger charge is -2.32. The van der Waals surface area contributed by atoms with Crippen molar-refractivity contribution in [3.63, 3.8) is 0 Å². The van der Waals surface area contributed by atoms with Crippen molar-refractivity contribution in [1.29, 1.82) is 0 Å². The predicted octanol–water partition coefficient (Wildman–Crippen LogP) is 3.02. The van der Waals surface area contributed by atoms with Crippen LogP contribution in [0.5, 0.6) is 0 Å². The summed E-state index contributed by atoms with van der Waals surface area (Å²) in [6, 6.07) is 0. The van der Waals surface area contributed by atoms with E-state index in [-0.39, 0.29) is 24.2 Å². The number of rotatable bonds is 4. The summed E-state index contributed by atoms with van der Waals surface area (Å²) in [5, 5.41) is 2.70. The van der Waals surface area contributed by atoms with Crippen molar-refractivity contribution in [2.45, 2.75) is 65.1 Å². The van der Waals surface area contributed by atoms with E-state index in [1.807, 2.05) is 27.7 Å². The number of hydrogen-bond acceptors (Lipinski definition) is 4. The highest BCUT2D eigenvalue weighted by Crippen LogP contribution is 2.40. The van der Waals surface area contributed by atoms with Crippen molar-refractivity contribution < 1.29 is 23.3 Å². The van der Waals surface area contributed by atoms with Gasteiger partial charge in [0.05, 0.1) is 11.2 Å². The van der Waals surface area contributed by atoms with E-state index in [0.29, 0.717) is 25.0 Å². The third kappa shape index (κ3) is 4.23. The third-order valence-electron chi connectivity index (χ3n) is 5.88. The molecule has 1 saturated heterocycles. The Bertz CT molecular complexity index is 756. The summed E-state index contributed by atoms with van der Waals surface area (Å²) in [5.41, 5.74) is 0.622. The van der Waals surface area contributed by atoms with E-state index < -0.39 is 24.2 Å². The highest BCUT2D eigenvalue weighted by molar-refractivity contribution is 6.54. The van der Waals surface area contributed by atoms with Gasteiger partial charge in [0.15, 0.2) is 0 Å². The number of allylic oxidation sites excluding steroid dienone is 4. The first-order valence-corrected chi connectivity index (χ1v) is 9.68. The van der Waals surface area contributed by atoms with Gasteiger partial charge in [-0.3, -0.25) is 9.59 Å². The molecule has 1 aliphatic carbocycles. The zero-order chi connectivity index (χ0) is 20.7. The van der Waals surface area contributed by atoms with Crippen molar-refractivity contribution in [3.05, 3.63) is 35.3 Å². The van der Waals surface area contributed by atoms with E-state index >= 15 is 0 Å². The van der Waals surface area contributed by atoms with Gasteiger partial charge in [-0.05, 0) is 58.2 Å². The Morgan fingerprint density at radius 1 is 1.25 bits per heavy atom. The molecular formula is C20H28BFN2O4. The zero-order valence-electron chi connectivity index (χ0n) is 17.2. The first kappa shape index (κ1) is 20.8. The summed E-state index contributed by atoms with van der Waals surface area (Å²) in [7, 11) is -0.512. The third-order valence-corrected chi connectivity index (χ3v) is 5.88. The smallest absolute Gasteiger partial charge is 0.400 e. The monoisotopic (exact) mass is 390 g/mol. The maximum absolute atomic E-state index is 14.3. The van der Waals surface area contributed by atoms with Gasteiger partial charge in [-0.25, -0.2) is 4.39 Å². The molecule has 1 unspecified atom stereocenters. The fourth-order valence-electron chi connectivity index (χ4n) is 3.51. The summed E-state index contributed by atoms with van der Waals surface area (Å²) in [6.07, 6.45) is 5.90. The van der Waals surface area contributed by atoms with E-state index in [1.54, 1.807) is 17.2 Å². The molecule has 1 N–H and O–H groups in total. The Balaban J connectivity index is 1.72. The lowest BCUT2D eigenvalue weighted by atomic mass is 9.74. The second kappa shape index (κ2) is 7.48. The van der Waals surface area contributed by atoms with Gasteiger partial charge in [-0.1, -0.05) is 0 Å². The molecule has 0 saturated carbocycles. The molecule has 28 heavy (non-hydrogen) atoms. The van der Waals surface area contributed by atoms with E-state index in [4.69, 9.17) is 9.31 Å². The Morgan fingerprint density at radius 2 is 1.89 bits per heavy atom. The first-order chi connectivity index (χ1) is 13.0. The number of carbonyl (C=O) groups excluding carboxylic acids is 2. The predicted molar refractivity (Wildman–Crippen MR) is 104 cm³/mol. The quantitative estimate of drug-likeness (QED) is 0.750. The number of nitrogens with zero attached hydrogens (tertiary/aromatic N) is 1.